The van der Waals surface area contributed by atoms with Gasteiger partial charge in [-0.2, -0.15) is 5.26 Å². The molecule has 0 spiro atoms. The average molecular weight is 260 g/mol. The first-order valence-electron chi connectivity index (χ1n) is 6.23. The van der Waals surface area contributed by atoms with Gasteiger partial charge in [-0.1, -0.05) is 12.1 Å². The zero-order valence-corrected chi connectivity index (χ0v) is 12.1. The maximum Gasteiger partial charge on any atom is 0.408 e. The molecular formula is C15H20N2O2. The van der Waals surface area contributed by atoms with Crippen LogP contribution in [-0.4, -0.2) is 11.7 Å². The fourth-order valence-corrected chi connectivity index (χ4v) is 1.65. The van der Waals surface area contributed by atoms with Crippen molar-refractivity contribution in [3.05, 3.63) is 34.9 Å². The van der Waals surface area contributed by atoms with Gasteiger partial charge >= 0.3 is 6.09 Å². The number of nitrogens with zero attached hydrogens (tertiary/aromatic N) is 1. The standard InChI is InChI=1S/C15H20N2O2/c1-10-8-12(6-7-13(10)9-16)11(2)17-14(18)19-15(3,4)5/h6-8,11H,1-5H3,(H,17,18). The Hall–Kier alpha value is -2.02. The van der Waals surface area contributed by atoms with Crippen molar-refractivity contribution in [2.24, 2.45) is 0 Å². The molecule has 1 aromatic rings. The molecule has 0 saturated heterocycles. The molecule has 1 atom stereocenters. The van der Waals surface area contributed by atoms with E-state index in [1.807, 2.05) is 46.8 Å². The lowest BCUT2D eigenvalue weighted by Gasteiger charge is -2.22. The summed E-state index contributed by atoms with van der Waals surface area (Å²) in [5.74, 6) is 0. The molecule has 0 radical (unpaired) electrons. The van der Waals surface area contributed by atoms with E-state index >= 15 is 0 Å². The van der Waals surface area contributed by atoms with Gasteiger partial charge in [0.05, 0.1) is 17.7 Å². The van der Waals surface area contributed by atoms with Crippen molar-refractivity contribution in [2.45, 2.75) is 46.3 Å². The average Bonchev–Trinajstić information content (AvgIpc) is 2.26. The van der Waals surface area contributed by atoms with Crippen LogP contribution in [0.5, 0.6) is 0 Å². The fraction of sp³-hybridized carbons (Fsp3) is 0.467. The monoisotopic (exact) mass is 260 g/mol. The van der Waals surface area contributed by atoms with E-state index in [1.54, 1.807) is 6.07 Å². The molecule has 1 rings (SSSR count). The smallest absolute Gasteiger partial charge is 0.408 e. The number of benzene rings is 1. The van der Waals surface area contributed by atoms with Crippen molar-refractivity contribution in [1.29, 1.82) is 5.26 Å². The molecule has 4 heteroatoms. The highest BCUT2D eigenvalue weighted by Gasteiger charge is 2.18. The summed E-state index contributed by atoms with van der Waals surface area (Å²) < 4.78 is 5.20. The molecule has 102 valence electrons. The number of alkyl carbamates (subject to hydrolysis) is 1. The molecule has 0 saturated carbocycles. The zero-order valence-electron chi connectivity index (χ0n) is 12.1. The normalized spacial score (nSPS) is 12.4. The van der Waals surface area contributed by atoms with E-state index in [0.29, 0.717) is 5.56 Å². The molecule has 0 aliphatic carbocycles. The third kappa shape index (κ3) is 4.63. The Morgan fingerprint density at radius 3 is 2.53 bits per heavy atom. The zero-order chi connectivity index (χ0) is 14.6. The maximum absolute atomic E-state index is 11.7. The molecule has 1 amide bonds. The molecule has 0 aliphatic heterocycles. The lowest BCUT2D eigenvalue weighted by Crippen LogP contribution is -2.34. The van der Waals surface area contributed by atoms with Crippen LogP contribution in [-0.2, 0) is 4.74 Å². The van der Waals surface area contributed by atoms with Gasteiger partial charge in [0.15, 0.2) is 0 Å². The Labute approximate surface area is 114 Å². The van der Waals surface area contributed by atoms with Crippen LogP contribution in [0.15, 0.2) is 18.2 Å². The number of amides is 1. The summed E-state index contributed by atoms with van der Waals surface area (Å²) in [6.07, 6.45) is -0.443. The maximum atomic E-state index is 11.7. The fourth-order valence-electron chi connectivity index (χ4n) is 1.65. The Balaban J connectivity index is 2.74. The van der Waals surface area contributed by atoms with Crippen LogP contribution < -0.4 is 5.32 Å². The van der Waals surface area contributed by atoms with Crippen LogP contribution in [0.3, 0.4) is 0 Å². The molecule has 19 heavy (non-hydrogen) atoms. The van der Waals surface area contributed by atoms with Crippen molar-refractivity contribution >= 4 is 6.09 Å². The third-order valence-electron chi connectivity index (χ3n) is 2.60. The quantitative estimate of drug-likeness (QED) is 0.885. The SMILES string of the molecule is Cc1cc(C(C)NC(=O)OC(C)(C)C)ccc1C#N. The summed E-state index contributed by atoms with van der Waals surface area (Å²) in [5.41, 5.74) is 1.98. The summed E-state index contributed by atoms with van der Waals surface area (Å²) in [7, 11) is 0. The Kier molecular flexibility index (Phi) is 4.55. The van der Waals surface area contributed by atoms with Crippen molar-refractivity contribution < 1.29 is 9.53 Å². The van der Waals surface area contributed by atoms with E-state index in [4.69, 9.17) is 10.00 Å². The van der Waals surface area contributed by atoms with Crippen LogP contribution in [0, 0.1) is 18.3 Å². The van der Waals surface area contributed by atoms with Gasteiger partial charge in [-0.3, -0.25) is 0 Å². The number of nitriles is 1. The van der Waals surface area contributed by atoms with Crippen LogP contribution in [0.2, 0.25) is 0 Å². The summed E-state index contributed by atoms with van der Waals surface area (Å²) in [5, 5.41) is 11.7. The van der Waals surface area contributed by atoms with E-state index in [0.717, 1.165) is 11.1 Å². The summed E-state index contributed by atoms with van der Waals surface area (Å²) in [6, 6.07) is 7.46. The van der Waals surface area contributed by atoms with E-state index in [-0.39, 0.29) is 6.04 Å². The highest BCUT2D eigenvalue weighted by Crippen LogP contribution is 2.17. The molecule has 0 aliphatic rings. The lowest BCUT2D eigenvalue weighted by atomic mass is 10.0. The molecule has 0 bridgehead atoms. The molecule has 1 unspecified atom stereocenters. The Morgan fingerprint density at radius 2 is 2.05 bits per heavy atom. The first-order chi connectivity index (χ1) is 8.73. The largest absolute Gasteiger partial charge is 0.444 e. The van der Waals surface area contributed by atoms with Gasteiger partial charge in [0.2, 0.25) is 0 Å². The molecule has 0 fully saturated rings. The topological polar surface area (TPSA) is 62.1 Å². The number of hydrogen-bond donors (Lipinski definition) is 1. The number of carbonyl (C=O) groups excluding carboxylic acids is 1. The molecule has 1 aromatic carbocycles. The number of rotatable bonds is 2. The van der Waals surface area contributed by atoms with Crippen molar-refractivity contribution in [1.82, 2.24) is 5.32 Å². The first-order valence-corrected chi connectivity index (χ1v) is 6.23. The van der Waals surface area contributed by atoms with Gasteiger partial charge in [0.1, 0.15) is 5.60 Å². The van der Waals surface area contributed by atoms with E-state index in [2.05, 4.69) is 11.4 Å². The van der Waals surface area contributed by atoms with Crippen LogP contribution in [0.25, 0.3) is 0 Å². The van der Waals surface area contributed by atoms with Crippen LogP contribution in [0.1, 0.15) is 50.4 Å². The van der Waals surface area contributed by atoms with E-state index < -0.39 is 11.7 Å². The van der Waals surface area contributed by atoms with E-state index in [9.17, 15) is 4.79 Å². The molecular weight excluding hydrogens is 240 g/mol. The molecule has 0 heterocycles. The molecule has 0 aromatic heterocycles. The highest BCUT2D eigenvalue weighted by molar-refractivity contribution is 5.68. The number of aryl methyl sites for hydroxylation is 1. The van der Waals surface area contributed by atoms with E-state index in [1.165, 1.54) is 0 Å². The van der Waals surface area contributed by atoms with Gasteiger partial charge in [-0.25, -0.2) is 4.79 Å². The number of ether oxygens (including phenoxy) is 1. The van der Waals surface area contributed by atoms with Crippen molar-refractivity contribution in [2.75, 3.05) is 0 Å². The summed E-state index contributed by atoms with van der Waals surface area (Å²) in [6.45, 7) is 9.22. The Morgan fingerprint density at radius 1 is 1.42 bits per heavy atom. The van der Waals surface area contributed by atoms with Gasteiger partial charge in [0.25, 0.3) is 0 Å². The second kappa shape index (κ2) is 5.75. The minimum absolute atomic E-state index is 0.165. The highest BCUT2D eigenvalue weighted by atomic mass is 16.6. The van der Waals surface area contributed by atoms with Crippen molar-refractivity contribution in [3.8, 4) is 6.07 Å². The minimum atomic E-state index is -0.510. The number of carbonyl (C=O) groups is 1. The lowest BCUT2D eigenvalue weighted by molar-refractivity contribution is 0.0508. The predicted molar refractivity (Wildman–Crippen MR) is 73.7 cm³/mol. The number of hydrogen-bond acceptors (Lipinski definition) is 3. The molecule has 1 N–H and O–H groups in total. The van der Waals surface area contributed by atoms with Gasteiger partial charge in [0, 0.05) is 0 Å². The van der Waals surface area contributed by atoms with Gasteiger partial charge < -0.3 is 10.1 Å². The Bertz CT molecular complexity index is 510. The second-order valence-corrected chi connectivity index (χ2v) is 5.55. The van der Waals surface area contributed by atoms with Gasteiger partial charge in [-0.15, -0.1) is 0 Å². The van der Waals surface area contributed by atoms with Crippen LogP contribution in [0.4, 0.5) is 4.79 Å². The third-order valence-corrected chi connectivity index (χ3v) is 2.60. The predicted octanol–water partition coefficient (Wildman–Crippen LogP) is 3.45. The molecule has 4 nitrogen and oxygen atoms in total. The second-order valence-electron chi connectivity index (χ2n) is 5.55. The number of nitrogens with one attached hydrogen (secondary N) is 1. The summed E-state index contributed by atoms with van der Waals surface area (Å²) >= 11 is 0. The summed E-state index contributed by atoms with van der Waals surface area (Å²) in [4.78, 5) is 11.7. The van der Waals surface area contributed by atoms with Crippen LogP contribution >= 0.6 is 0 Å². The minimum Gasteiger partial charge on any atom is -0.444 e. The van der Waals surface area contributed by atoms with Crippen molar-refractivity contribution in [3.63, 3.8) is 0 Å². The first kappa shape index (κ1) is 15.0. The van der Waals surface area contributed by atoms with Gasteiger partial charge in [-0.05, 0) is 51.8 Å².